The molecular weight excluding hydrogens is 114 g/mol. The monoisotopic (exact) mass is 129 g/mol. The lowest BCUT2D eigenvalue weighted by Gasteiger charge is -2.03. The molecule has 0 aromatic heterocycles. The van der Waals surface area contributed by atoms with E-state index in [1.165, 1.54) is 25.7 Å². The van der Waals surface area contributed by atoms with Crippen LogP contribution in [-0.2, 0) is 0 Å². The van der Waals surface area contributed by atoms with Gasteiger partial charge in [-0.3, -0.25) is 0 Å². The predicted molar refractivity (Wildman–Crippen MR) is 37.6 cm³/mol. The fourth-order valence-electron chi connectivity index (χ4n) is 0.968. The molecule has 3 nitrogen and oxygen atoms in total. The number of rotatable bonds is 0. The van der Waals surface area contributed by atoms with Gasteiger partial charge in [0.15, 0.2) is 0 Å². The minimum absolute atomic E-state index is 1.08. The van der Waals surface area contributed by atoms with E-state index in [1.807, 2.05) is 0 Å². The van der Waals surface area contributed by atoms with Gasteiger partial charge >= 0.3 is 0 Å². The average molecular weight is 129 g/mol. The van der Waals surface area contributed by atoms with Crippen molar-refractivity contribution in [3.8, 4) is 0 Å². The zero-order valence-electron chi connectivity index (χ0n) is 5.74. The fraction of sp³-hybridized carbons (Fsp3) is 1.00. The molecule has 0 bridgehead atoms. The first kappa shape index (κ1) is 6.99. The molecule has 1 fully saturated rings. The van der Waals surface area contributed by atoms with Crippen molar-refractivity contribution in [1.29, 1.82) is 0 Å². The zero-order chi connectivity index (χ0) is 6.36. The van der Waals surface area contributed by atoms with Gasteiger partial charge < -0.3 is 0 Å². The number of hydrazine groups is 2. The van der Waals surface area contributed by atoms with Gasteiger partial charge in [-0.2, -0.15) is 5.53 Å². The van der Waals surface area contributed by atoms with Gasteiger partial charge in [0, 0.05) is 13.1 Å². The number of hydrogen-bond acceptors (Lipinski definition) is 3. The van der Waals surface area contributed by atoms with Gasteiger partial charge in [0.2, 0.25) is 0 Å². The summed E-state index contributed by atoms with van der Waals surface area (Å²) in [5.74, 6) is 0. The summed E-state index contributed by atoms with van der Waals surface area (Å²) in [6, 6.07) is 0. The first-order chi connectivity index (χ1) is 4.50. The molecule has 0 atom stereocenters. The van der Waals surface area contributed by atoms with Gasteiger partial charge in [0.25, 0.3) is 0 Å². The maximum atomic E-state index is 3.07. The van der Waals surface area contributed by atoms with E-state index in [9.17, 15) is 0 Å². The molecular formula is C6H15N3. The molecule has 3 heteroatoms. The van der Waals surface area contributed by atoms with E-state index >= 15 is 0 Å². The van der Waals surface area contributed by atoms with Crippen LogP contribution in [0.5, 0.6) is 0 Å². The second-order valence-electron chi connectivity index (χ2n) is 2.39. The van der Waals surface area contributed by atoms with E-state index in [1.54, 1.807) is 0 Å². The lowest BCUT2D eigenvalue weighted by Crippen LogP contribution is -2.43. The third-order valence-corrected chi connectivity index (χ3v) is 1.53. The lowest BCUT2D eigenvalue weighted by molar-refractivity contribution is 0.442. The third kappa shape index (κ3) is 3.46. The van der Waals surface area contributed by atoms with Crippen LogP contribution < -0.4 is 16.4 Å². The maximum absolute atomic E-state index is 3.07. The minimum atomic E-state index is 1.08. The van der Waals surface area contributed by atoms with E-state index in [-0.39, 0.29) is 0 Å². The Hall–Kier alpha value is -0.120. The highest BCUT2D eigenvalue weighted by Gasteiger charge is 1.92. The molecule has 54 valence electrons. The van der Waals surface area contributed by atoms with Crippen molar-refractivity contribution in [1.82, 2.24) is 16.4 Å². The second kappa shape index (κ2) is 4.73. The van der Waals surface area contributed by atoms with Crippen LogP contribution in [0.2, 0.25) is 0 Å². The maximum Gasteiger partial charge on any atom is 0.0113 e. The Balaban J connectivity index is 2.02. The Bertz CT molecular complexity index is 36.8. The Morgan fingerprint density at radius 1 is 0.667 bits per heavy atom. The van der Waals surface area contributed by atoms with E-state index < -0.39 is 0 Å². The SMILES string of the molecule is C1CCCNNNCC1. The number of nitrogens with one attached hydrogen (secondary N) is 3. The number of hydrogen-bond donors (Lipinski definition) is 3. The van der Waals surface area contributed by atoms with Crippen molar-refractivity contribution in [3.63, 3.8) is 0 Å². The molecule has 3 N–H and O–H groups in total. The molecule has 0 radical (unpaired) electrons. The topological polar surface area (TPSA) is 36.1 Å². The lowest BCUT2D eigenvalue weighted by atomic mass is 10.2. The van der Waals surface area contributed by atoms with Crippen LogP contribution in [-0.4, -0.2) is 13.1 Å². The van der Waals surface area contributed by atoms with Crippen molar-refractivity contribution in [3.05, 3.63) is 0 Å². The summed E-state index contributed by atoms with van der Waals surface area (Å²) < 4.78 is 0. The van der Waals surface area contributed by atoms with Crippen molar-refractivity contribution >= 4 is 0 Å². The Labute approximate surface area is 56.1 Å². The molecule has 1 heterocycles. The minimum Gasteiger partial charge on any atom is -0.244 e. The summed E-state index contributed by atoms with van der Waals surface area (Å²) in [6.45, 7) is 2.15. The normalized spacial score (nSPS) is 24.0. The van der Waals surface area contributed by atoms with Crippen LogP contribution in [0.3, 0.4) is 0 Å². The molecule has 1 rings (SSSR count). The highest BCUT2D eigenvalue weighted by atomic mass is 15.6. The molecule has 0 aliphatic carbocycles. The van der Waals surface area contributed by atoms with Crippen LogP contribution >= 0.6 is 0 Å². The largest absolute Gasteiger partial charge is 0.244 e. The smallest absolute Gasteiger partial charge is 0.0113 e. The van der Waals surface area contributed by atoms with E-state index in [2.05, 4.69) is 16.4 Å². The van der Waals surface area contributed by atoms with Crippen molar-refractivity contribution in [2.24, 2.45) is 0 Å². The summed E-state index contributed by atoms with van der Waals surface area (Å²) in [5, 5.41) is 0. The summed E-state index contributed by atoms with van der Waals surface area (Å²) in [4.78, 5) is 0. The van der Waals surface area contributed by atoms with E-state index in [4.69, 9.17) is 0 Å². The van der Waals surface area contributed by atoms with Crippen molar-refractivity contribution in [2.75, 3.05) is 13.1 Å². The molecule has 0 aromatic carbocycles. The van der Waals surface area contributed by atoms with Crippen LogP contribution in [0.15, 0.2) is 0 Å². The summed E-state index contributed by atoms with van der Waals surface area (Å²) in [5.41, 5.74) is 9.06. The molecule has 1 saturated heterocycles. The molecule has 0 aromatic rings. The van der Waals surface area contributed by atoms with Gasteiger partial charge in [-0.05, 0) is 12.8 Å². The first-order valence-corrected chi connectivity index (χ1v) is 3.71. The van der Waals surface area contributed by atoms with Gasteiger partial charge in [-0.15, -0.1) is 0 Å². The predicted octanol–water partition coefficient (Wildman–Crippen LogP) is 0.159. The van der Waals surface area contributed by atoms with Gasteiger partial charge in [-0.1, -0.05) is 12.8 Å². The van der Waals surface area contributed by atoms with Crippen LogP contribution in [0.4, 0.5) is 0 Å². The van der Waals surface area contributed by atoms with Crippen LogP contribution in [0, 0.1) is 0 Å². The average Bonchev–Trinajstić information content (AvgIpc) is 2.00. The van der Waals surface area contributed by atoms with Crippen LogP contribution in [0.1, 0.15) is 25.7 Å². The quantitative estimate of drug-likeness (QED) is 0.436. The summed E-state index contributed by atoms with van der Waals surface area (Å²) in [6.07, 6.45) is 5.29. The highest BCUT2D eigenvalue weighted by Crippen LogP contribution is 1.97. The van der Waals surface area contributed by atoms with Gasteiger partial charge in [-0.25, -0.2) is 10.9 Å². The first-order valence-electron chi connectivity index (χ1n) is 3.71. The molecule has 0 unspecified atom stereocenters. The van der Waals surface area contributed by atoms with Crippen molar-refractivity contribution in [2.45, 2.75) is 25.7 Å². The second-order valence-corrected chi connectivity index (χ2v) is 2.39. The molecule has 1 aliphatic heterocycles. The Kier molecular flexibility index (Phi) is 3.68. The Morgan fingerprint density at radius 3 is 1.78 bits per heavy atom. The van der Waals surface area contributed by atoms with Gasteiger partial charge in [0.05, 0.1) is 0 Å². The van der Waals surface area contributed by atoms with Gasteiger partial charge in [0.1, 0.15) is 0 Å². The summed E-state index contributed by atoms with van der Waals surface area (Å²) >= 11 is 0. The van der Waals surface area contributed by atoms with Crippen LogP contribution in [0.25, 0.3) is 0 Å². The fourth-order valence-corrected chi connectivity index (χ4v) is 0.968. The molecule has 9 heavy (non-hydrogen) atoms. The Morgan fingerprint density at radius 2 is 1.22 bits per heavy atom. The molecule has 0 saturated carbocycles. The molecule has 0 amide bonds. The standard InChI is InChI=1S/C6H15N3/c1-2-4-6-8-9-7-5-3-1/h7-9H,1-6H2. The molecule has 0 spiro atoms. The van der Waals surface area contributed by atoms with E-state index in [0.29, 0.717) is 0 Å². The van der Waals surface area contributed by atoms with Crippen molar-refractivity contribution < 1.29 is 0 Å². The zero-order valence-corrected chi connectivity index (χ0v) is 5.74. The molecule has 1 aliphatic rings. The highest BCUT2D eigenvalue weighted by molar-refractivity contribution is 4.49. The third-order valence-electron chi connectivity index (χ3n) is 1.53. The van der Waals surface area contributed by atoms with E-state index in [0.717, 1.165) is 13.1 Å². The summed E-state index contributed by atoms with van der Waals surface area (Å²) in [7, 11) is 0.